The zero-order valence-electron chi connectivity index (χ0n) is 9.90. The van der Waals surface area contributed by atoms with Crippen molar-refractivity contribution in [1.29, 1.82) is 0 Å². The van der Waals surface area contributed by atoms with Crippen molar-refractivity contribution < 1.29 is 4.52 Å². The minimum Gasteiger partial charge on any atom is -0.337 e. The smallest absolute Gasteiger partial charge is 0.249 e. The van der Waals surface area contributed by atoms with E-state index in [1.54, 1.807) is 6.20 Å². The molecule has 3 rings (SSSR count). The Labute approximate surface area is 115 Å². The molecule has 0 aliphatic heterocycles. The lowest BCUT2D eigenvalue weighted by molar-refractivity contribution is 0.383. The van der Waals surface area contributed by atoms with E-state index in [0.717, 1.165) is 5.56 Å². The van der Waals surface area contributed by atoms with Gasteiger partial charge in [-0.05, 0) is 17.7 Å². The summed E-state index contributed by atoms with van der Waals surface area (Å²) in [7, 11) is 0. The van der Waals surface area contributed by atoms with Gasteiger partial charge in [0.05, 0.1) is 0 Å². The second-order valence-electron chi connectivity index (χ2n) is 3.94. The van der Waals surface area contributed by atoms with E-state index in [2.05, 4.69) is 15.1 Å². The summed E-state index contributed by atoms with van der Waals surface area (Å²) in [6.45, 7) is 0. The predicted octanol–water partition coefficient (Wildman–Crippen LogP) is 3.46. The van der Waals surface area contributed by atoms with Gasteiger partial charge in [0, 0.05) is 6.20 Å². The highest BCUT2D eigenvalue weighted by Crippen LogP contribution is 2.28. The van der Waals surface area contributed by atoms with E-state index in [0.29, 0.717) is 17.4 Å². The van der Waals surface area contributed by atoms with Gasteiger partial charge in [-0.2, -0.15) is 4.98 Å². The van der Waals surface area contributed by atoms with Crippen LogP contribution in [-0.2, 0) is 0 Å². The Morgan fingerprint density at radius 1 is 1.00 bits per heavy atom. The van der Waals surface area contributed by atoms with Crippen LogP contribution in [0.25, 0.3) is 11.5 Å². The molecule has 1 unspecified atom stereocenters. The summed E-state index contributed by atoms with van der Waals surface area (Å²) in [6.07, 6.45) is 1.68. The minimum absolute atomic E-state index is 0.369. The highest BCUT2D eigenvalue weighted by molar-refractivity contribution is 6.22. The maximum absolute atomic E-state index is 6.32. The van der Waals surface area contributed by atoms with Crippen LogP contribution >= 0.6 is 11.6 Å². The average Bonchev–Trinajstić information content (AvgIpc) is 2.98. The van der Waals surface area contributed by atoms with E-state index in [1.807, 2.05) is 48.5 Å². The van der Waals surface area contributed by atoms with E-state index in [1.165, 1.54) is 0 Å². The molecule has 0 spiro atoms. The molecule has 0 fully saturated rings. The summed E-state index contributed by atoms with van der Waals surface area (Å²) in [5, 5.41) is 3.45. The maximum Gasteiger partial charge on any atom is 0.249 e. The summed E-state index contributed by atoms with van der Waals surface area (Å²) in [5.41, 5.74) is 1.58. The van der Waals surface area contributed by atoms with Gasteiger partial charge in [0.25, 0.3) is 0 Å². The topological polar surface area (TPSA) is 51.8 Å². The molecule has 0 aliphatic carbocycles. The number of nitrogens with zero attached hydrogens (tertiary/aromatic N) is 3. The molecule has 2 heterocycles. The van der Waals surface area contributed by atoms with Gasteiger partial charge in [-0.3, -0.25) is 4.98 Å². The summed E-state index contributed by atoms with van der Waals surface area (Å²) in [6, 6.07) is 15.1. The first-order valence-electron chi connectivity index (χ1n) is 5.78. The van der Waals surface area contributed by atoms with Crippen LogP contribution in [0.15, 0.2) is 59.3 Å². The van der Waals surface area contributed by atoms with Crippen molar-refractivity contribution in [2.75, 3.05) is 0 Å². The molecular formula is C14H10ClN3O. The van der Waals surface area contributed by atoms with Crippen molar-refractivity contribution in [1.82, 2.24) is 15.1 Å². The van der Waals surface area contributed by atoms with Gasteiger partial charge in [-0.15, -0.1) is 11.6 Å². The molecule has 0 saturated heterocycles. The SMILES string of the molecule is ClC(c1ccccc1)c1nc(-c2ccccn2)no1. The first-order chi connectivity index (χ1) is 9.34. The summed E-state index contributed by atoms with van der Waals surface area (Å²) >= 11 is 6.32. The Kier molecular flexibility index (Phi) is 3.25. The Morgan fingerprint density at radius 2 is 1.79 bits per heavy atom. The number of aromatic nitrogens is 3. The van der Waals surface area contributed by atoms with Gasteiger partial charge >= 0.3 is 0 Å². The lowest BCUT2D eigenvalue weighted by Crippen LogP contribution is -1.93. The highest BCUT2D eigenvalue weighted by atomic mass is 35.5. The molecule has 0 amide bonds. The Bertz CT molecular complexity index is 655. The van der Waals surface area contributed by atoms with Crippen molar-refractivity contribution in [3.05, 3.63) is 66.2 Å². The third-order valence-electron chi connectivity index (χ3n) is 2.64. The van der Waals surface area contributed by atoms with Crippen LogP contribution in [-0.4, -0.2) is 15.1 Å². The van der Waals surface area contributed by atoms with Gasteiger partial charge in [-0.25, -0.2) is 0 Å². The molecule has 1 aromatic carbocycles. The molecule has 19 heavy (non-hydrogen) atoms. The first kappa shape index (κ1) is 11.9. The number of benzene rings is 1. The molecule has 4 nitrogen and oxygen atoms in total. The lowest BCUT2D eigenvalue weighted by Gasteiger charge is -2.03. The maximum atomic E-state index is 6.32. The monoisotopic (exact) mass is 271 g/mol. The van der Waals surface area contributed by atoms with Crippen molar-refractivity contribution >= 4 is 11.6 Å². The molecule has 0 aliphatic rings. The van der Waals surface area contributed by atoms with E-state index >= 15 is 0 Å². The fourth-order valence-electron chi connectivity index (χ4n) is 1.70. The average molecular weight is 272 g/mol. The van der Waals surface area contributed by atoms with Crippen LogP contribution in [0.5, 0.6) is 0 Å². The number of halogens is 1. The fourth-order valence-corrected chi connectivity index (χ4v) is 1.94. The molecule has 1 atom stereocenters. The van der Waals surface area contributed by atoms with E-state index in [-0.39, 0.29) is 0 Å². The normalized spacial score (nSPS) is 12.3. The van der Waals surface area contributed by atoms with Crippen molar-refractivity contribution in [2.24, 2.45) is 0 Å². The quantitative estimate of drug-likeness (QED) is 0.685. The Morgan fingerprint density at radius 3 is 2.53 bits per heavy atom. The molecule has 0 N–H and O–H groups in total. The molecule has 0 saturated carbocycles. The van der Waals surface area contributed by atoms with Gasteiger partial charge in [0.1, 0.15) is 11.1 Å². The van der Waals surface area contributed by atoms with Gasteiger partial charge < -0.3 is 4.52 Å². The van der Waals surface area contributed by atoms with Crippen LogP contribution in [0.3, 0.4) is 0 Å². The number of pyridine rings is 1. The molecule has 0 radical (unpaired) electrons. The zero-order valence-corrected chi connectivity index (χ0v) is 10.7. The number of rotatable bonds is 3. The van der Waals surface area contributed by atoms with E-state index in [9.17, 15) is 0 Å². The van der Waals surface area contributed by atoms with Crippen LogP contribution in [0.2, 0.25) is 0 Å². The zero-order chi connectivity index (χ0) is 13.1. The van der Waals surface area contributed by atoms with Crippen molar-refractivity contribution in [3.8, 4) is 11.5 Å². The number of hydrogen-bond acceptors (Lipinski definition) is 4. The second-order valence-corrected chi connectivity index (χ2v) is 4.38. The predicted molar refractivity (Wildman–Crippen MR) is 71.7 cm³/mol. The van der Waals surface area contributed by atoms with Crippen LogP contribution < -0.4 is 0 Å². The first-order valence-corrected chi connectivity index (χ1v) is 6.22. The van der Waals surface area contributed by atoms with Crippen molar-refractivity contribution in [3.63, 3.8) is 0 Å². The van der Waals surface area contributed by atoms with E-state index < -0.39 is 5.38 Å². The Hall–Kier alpha value is -2.20. The van der Waals surface area contributed by atoms with Crippen molar-refractivity contribution in [2.45, 2.75) is 5.38 Å². The summed E-state index contributed by atoms with van der Waals surface area (Å²) < 4.78 is 5.20. The largest absolute Gasteiger partial charge is 0.337 e. The molecule has 3 aromatic rings. The molecular weight excluding hydrogens is 262 g/mol. The number of hydrogen-bond donors (Lipinski definition) is 0. The molecule has 94 valence electrons. The highest BCUT2D eigenvalue weighted by Gasteiger charge is 2.19. The minimum atomic E-state index is -0.453. The number of alkyl halides is 1. The van der Waals surface area contributed by atoms with Crippen LogP contribution in [0, 0.1) is 0 Å². The standard InChI is InChI=1S/C14H10ClN3O/c15-12(10-6-2-1-3-7-10)14-17-13(18-19-14)11-8-4-5-9-16-11/h1-9,12H. The lowest BCUT2D eigenvalue weighted by atomic mass is 10.1. The molecule has 0 bridgehead atoms. The van der Waals surface area contributed by atoms with Gasteiger partial charge in [0.2, 0.25) is 11.7 Å². The van der Waals surface area contributed by atoms with Gasteiger partial charge in [-0.1, -0.05) is 41.6 Å². The van der Waals surface area contributed by atoms with Crippen LogP contribution in [0.4, 0.5) is 0 Å². The van der Waals surface area contributed by atoms with Gasteiger partial charge in [0.15, 0.2) is 0 Å². The summed E-state index contributed by atoms with van der Waals surface area (Å²) in [4.78, 5) is 8.45. The molecule has 2 aromatic heterocycles. The third-order valence-corrected chi connectivity index (χ3v) is 3.08. The third kappa shape index (κ3) is 2.48. The molecule has 5 heteroatoms. The van der Waals surface area contributed by atoms with Crippen LogP contribution in [0.1, 0.15) is 16.8 Å². The summed E-state index contributed by atoms with van der Waals surface area (Å²) in [5.74, 6) is 0.811. The Balaban J connectivity index is 1.90. The fraction of sp³-hybridized carbons (Fsp3) is 0.0714. The van der Waals surface area contributed by atoms with E-state index in [4.69, 9.17) is 16.1 Å². The second kappa shape index (κ2) is 5.20.